The molecule has 0 aliphatic rings. The maximum absolute atomic E-state index is 12.1. The molecule has 0 fully saturated rings. The molecule has 19 heavy (non-hydrogen) atoms. The molecule has 1 aromatic heterocycles. The van der Waals surface area contributed by atoms with Crippen LogP contribution >= 0.6 is 0 Å². The summed E-state index contributed by atoms with van der Waals surface area (Å²) in [5, 5.41) is 9.38. The predicted molar refractivity (Wildman–Crippen MR) is 72.1 cm³/mol. The zero-order valence-corrected chi connectivity index (χ0v) is 11.1. The van der Waals surface area contributed by atoms with Crippen LogP contribution in [0.15, 0.2) is 53.6 Å². The van der Waals surface area contributed by atoms with E-state index < -0.39 is 16.1 Å². The van der Waals surface area contributed by atoms with E-state index in [0.29, 0.717) is 5.56 Å². The van der Waals surface area contributed by atoms with Gasteiger partial charge in [0.1, 0.15) is 5.82 Å². The Hall–Kier alpha value is -1.92. The van der Waals surface area contributed by atoms with Crippen LogP contribution in [0.2, 0.25) is 0 Å². The minimum Gasteiger partial charge on any atom is -0.389 e. The highest BCUT2D eigenvalue weighted by Crippen LogP contribution is 2.17. The third kappa shape index (κ3) is 3.30. The molecule has 0 saturated carbocycles. The Bertz CT molecular complexity index is 637. The van der Waals surface area contributed by atoms with Gasteiger partial charge in [-0.25, -0.2) is 13.4 Å². The highest BCUT2D eigenvalue weighted by Gasteiger charge is 2.14. The lowest BCUT2D eigenvalue weighted by Crippen LogP contribution is -2.13. The van der Waals surface area contributed by atoms with Gasteiger partial charge in [-0.3, -0.25) is 4.72 Å². The van der Waals surface area contributed by atoms with Gasteiger partial charge in [-0.2, -0.15) is 0 Å². The van der Waals surface area contributed by atoms with Crippen LogP contribution in [-0.4, -0.2) is 18.5 Å². The molecule has 100 valence electrons. The van der Waals surface area contributed by atoms with Gasteiger partial charge in [0.25, 0.3) is 10.0 Å². The van der Waals surface area contributed by atoms with Crippen LogP contribution in [0, 0.1) is 0 Å². The second-order valence-electron chi connectivity index (χ2n) is 4.07. The Morgan fingerprint density at radius 2 is 1.84 bits per heavy atom. The number of aromatic nitrogens is 1. The molecule has 0 amide bonds. The van der Waals surface area contributed by atoms with E-state index in [1.54, 1.807) is 37.3 Å². The summed E-state index contributed by atoms with van der Waals surface area (Å²) in [4.78, 5) is 4.03. The van der Waals surface area contributed by atoms with Crippen molar-refractivity contribution in [1.29, 1.82) is 0 Å². The number of hydrogen-bond donors (Lipinski definition) is 2. The number of aliphatic hydroxyl groups is 1. The Balaban J connectivity index is 2.25. The van der Waals surface area contributed by atoms with Gasteiger partial charge in [0, 0.05) is 6.20 Å². The molecule has 1 atom stereocenters. The van der Waals surface area contributed by atoms with E-state index >= 15 is 0 Å². The normalized spacial score (nSPS) is 12.9. The van der Waals surface area contributed by atoms with Crippen molar-refractivity contribution in [2.45, 2.75) is 17.9 Å². The lowest BCUT2D eigenvalue weighted by atomic mass is 10.1. The summed E-state index contributed by atoms with van der Waals surface area (Å²) in [6.45, 7) is 1.62. The highest BCUT2D eigenvalue weighted by atomic mass is 32.2. The minimum atomic E-state index is -3.65. The smallest absolute Gasteiger partial charge is 0.263 e. The zero-order valence-electron chi connectivity index (χ0n) is 10.3. The van der Waals surface area contributed by atoms with Gasteiger partial charge >= 0.3 is 0 Å². The third-order valence-corrected chi connectivity index (χ3v) is 3.95. The fourth-order valence-corrected chi connectivity index (χ4v) is 2.55. The molecule has 0 spiro atoms. The Kier molecular flexibility index (Phi) is 3.82. The van der Waals surface area contributed by atoms with Crippen molar-refractivity contribution < 1.29 is 13.5 Å². The Morgan fingerprint density at radius 1 is 1.16 bits per heavy atom. The van der Waals surface area contributed by atoms with Crippen LogP contribution in [0.25, 0.3) is 0 Å². The molecule has 6 heteroatoms. The van der Waals surface area contributed by atoms with Crippen molar-refractivity contribution in [2.24, 2.45) is 0 Å². The molecule has 1 unspecified atom stereocenters. The van der Waals surface area contributed by atoms with Gasteiger partial charge in [-0.15, -0.1) is 0 Å². The van der Waals surface area contributed by atoms with Crippen LogP contribution in [-0.2, 0) is 10.0 Å². The van der Waals surface area contributed by atoms with E-state index in [4.69, 9.17) is 0 Å². The first-order valence-electron chi connectivity index (χ1n) is 5.71. The second kappa shape index (κ2) is 5.38. The summed E-state index contributed by atoms with van der Waals surface area (Å²) in [6.07, 6.45) is 0.884. The number of benzene rings is 1. The molecule has 0 aliphatic heterocycles. The first-order valence-corrected chi connectivity index (χ1v) is 7.19. The second-order valence-corrected chi connectivity index (χ2v) is 5.75. The van der Waals surface area contributed by atoms with Crippen LogP contribution in [0.3, 0.4) is 0 Å². The van der Waals surface area contributed by atoms with E-state index in [1.807, 2.05) is 0 Å². The minimum absolute atomic E-state index is 0.127. The van der Waals surface area contributed by atoms with Gasteiger partial charge in [-0.05, 0) is 36.8 Å². The van der Waals surface area contributed by atoms with Crippen molar-refractivity contribution in [3.05, 3.63) is 54.2 Å². The van der Waals surface area contributed by atoms with Crippen LogP contribution in [0.1, 0.15) is 18.6 Å². The number of anilines is 1. The molecule has 1 heterocycles. The monoisotopic (exact) mass is 278 g/mol. The van der Waals surface area contributed by atoms with Gasteiger partial charge in [-0.1, -0.05) is 18.2 Å². The number of pyridine rings is 1. The fourth-order valence-electron chi connectivity index (χ4n) is 1.55. The lowest BCUT2D eigenvalue weighted by molar-refractivity contribution is 0.199. The van der Waals surface area contributed by atoms with Gasteiger partial charge in [0.15, 0.2) is 0 Å². The zero-order chi connectivity index (χ0) is 13.9. The fraction of sp³-hybridized carbons (Fsp3) is 0.154. The summed E-state index contributed by atoms with van der Waals surface area (Å²) in [5.74, 6) is 0.266. The van der Waals surface area contributed by atoms with Gasteiger partial charge < -0.3 is 5.11 Å². The molecule has 2 N–H and O–H groups in total. The number of sulfonamides is 1. The van der Waals surface area contributed by atoms with E-state index in [1.165, 1.54) is 18.3 Å². The molecule has 2 aromatic rings. The van der Waals surface area contributed by atoms with Gasteiger partial charge in [0.05, 0.1) is 11.0 Å². The summed E-state index contributed by atoms with van der Waals surface area (Å²) < 4.78 is 26.5. The van der Waals surface area contributed by atoms with Crippen LogP contribution < -0.4 is 4.72 Å². The van der Waals surface area contributed by atoms with E-state index in [2.05, 4.69) is 9.71 Å². The van der Waals surface area contributed by atoms with E-state index in [0.717, 1.165) is 0 Å². The predicted octanol–water partition coefficient (Wildman–Crippen LogP) is 1.94. The summed E-state index contributed by atoms with van der Waals surface area (Å²) in [7, 11) is -3.65. The molecule has 1 aromatic carbocycles. The largest absolute Gasteiger partial charge is 0.389 e. The van der Waals surface area contributed by atoms with Crippen molar-refractivity contribution >= 4 is 15.8 Å². The average molecular weight is 278 g/mol. The maximum atomic E-state index is 12.1. The number of nitrogens with zero attached hydrogens (tertiary/aromatic N) is 1. The average Bonchev–Trinajstić information content (AvgIpc) is 2.39. The summed E-state index contributed by atoms with van der Waals surface area (Å²) >= 11 is 0. The number of aliphatic hydroxyl groups excluding tert-OH is 1. The number of nitrogens with one attached hydrogen (secondary N) is 1. The SMILES string of the molecule is CC(O)c1ccc(S(=O)(=O)Nc2ccccn2)cc1. The quantitative estimate of drug-likeness (QED) is 0.895. The molecular formula is C13H14N2O3S. The molecule has 0 radical (unpaired) electrons. The van der Waals surface area contributed by atoms with Crippen LogP contribution in [0.4, 0.5) is 5.82 Å². The maximum Gasteiger partial charge on any atom is 0.263 e. The standard InChI is InChI=1S/C13H14N2O3S/c1-10(16)11-5-7-12(8-6-11)19(17,18)15-13-4-2-3-9-14-13/h2-10,16H,1H3,(H,14,15). The Labute approximate surface area is 112 Å². The topological polar surface area (TPSA) is 79.3 Å². The summed E-state index contributed by atoms with van der Waals surface area (Å²) in [5.41, 5.74) is 0.664. The molecule has 0 bridgehead atoms. The number of hydrogen-bond acceptors (Lipinski definition) is 4. The van der Waals surface area contributed by atoms with E-state index in [9.17, 15) is 13.5 Å². The van der Waals surface area contributed by atoms with Crippen molar-refractivity contribution in [3.63, 3.8) is 0 Å². The Morgan fingerprint density at radius 3 is 2.37 bits per heavy atom. The van der Waals surface area contributed by atoms with Crippen molar-refractivity contribution in [1.82, 2.24) is 4.98 Å². The number of rotatable bonds is 4. The highest BCUT2D eigenvalue weighted by molar-refractivity contribution is 7.92. The molecular weight excluding hydrogens is 264 g/mol. The lowest BCUT2D eigenvalue weighted by Gasteiger charge is -2.09. The van der Waals surface area contributed by atoms with Gasteiger partial charge in [0.2, 0.25) is 0 Å². The molecule has 2 rings (SSSR count). The molecule has 0 aliphatic carbocycles. The first-order chi connectivity index (χ1) is 8.99. The summed E-state index contributed by atoms with van der Waals surface area (Å²) in [6, 6.07) is 11.0. The first kappa shape index (κ1) is 13.5. The van der Waals surface area contributed by atoms with Crippen molar-refractivity contribution in [2.75, 3.05) is 4.72 Å². The molecule has 5 nitrogen and oxygen atoms in total. The third-order valence-electron chi connectivity index (χ3n) is 2.58. The van der Waals surface area contributed by atoms with Crippen LogP contribution in [0.5, 0.6) is 0 Å². The van der Waals surface area contributed by atoms with Crippen molar-refractivity contribution in [3.8, 4) is 0 Å². The molecule has 0 saturated heterocycles. The van der Waals surface area contributed by atoms with E-state index in [-0.39, 0.29) is 10.7 Å².